The van der Waals surface area contributed by atoms with Crippen molar-refractivity contribution in [2.75, 3.05) is 13.1 Å². The molecule has 0 aliphatic carbocycles. The summed E-state index contributed by atoms with van der Waals surface area (Å²) in [6, 6.07) is 3.96. The van der Waals surface area contributed by atoms with E-state index >= 15 is 0 Å². The van der Waals surface area contributed by atoms with E-state index in [0.29, 0.717) is 13.1 Å². The summed E-state index contributed by atoms with van der Waals surface area (Å²) in [4.78, 5) is 24.6. The Bertz CT molecular complexity index is 540. The van der Waals surface area contributed by atoms with Gasteiger partial charge in [0.1, 0.15) is 0 Å². The number of nitrogens with zero attached hydrogens (tertiary/aromatic N) is 2. The first-order valence-electron chi connectivity index (χ1n) is 6.39. The van der Waals surface area contributed by atoms with Crippen molar-refractivity contribution in [1.82, 2.24) is 10.2 Å². The van der Waals surface area contributed by atoms with Crippen molar-refractivity contribution >= 4 is 23.2 Å². The minimum absolute atomic E-state index is 0.0154. The Morgan fingerprint density at radius 3 is 2.55 bits per heavy atom. The number of halogens is 1. The zero-order chi connectivity index (χ0) is 14.9. The second-order valence-corrected chi connectivity index (χ2v) is 5.40. The van der Waals surface area contributed by atoms with Crippen molar-refractivity contribution in [2.24, 2.45) is 0 Å². The second kappa shape index (κ2) is 5.76. The van der Waals surface area contributed by atoms with Crippen molar-refractivity contribution in [1.29, 1.82) is 0 Å². The average molecular weight is 298 g/mol. The number of hydrogen-bond donors (Lipinski definition) is 1. The molecule has 2 unspecified atom stereocenters. The van der Waals surface area contributed by atoms with Gasteiger partial charge >= 0.3 is 0 Å². The van der Waals surface area contributed by atoms with Gasteiger partial charge in [-0.2, -0.15) is 0 Å². The summed E-state index contributed by atoms with van der Waals surface area (Å²) in [6.45, 7) is 5.27. The van der Waals surface area contributed by atoms with Crippen LogP contribution in [0.1, 0.15) is 24.2 Å². The van der Waals surface area contributed by atoms with Gasteiger partial charge in [-0.1, -0.05) is 11.6 Å². The number of hydrogen-bond acceptors (Lipinski definition) is 4. The first kappa shape index (κ1) is 14.7. The van der Waals surface area contributed by atoms with Crippen LogP contribution in [0, 0.1) is 10.1 Å². The normalized spacial score (nSPS) is 22.6. The minimum Gasteiger partial charge on any atom is -0.331 e. The lowest BCUT2D eigenvalue weighted by molar-refractivity contribution is -0.384. The fourth-order valence-electron chi connectivity index (χ4n) is 2.46. The van der Waals surface area contributed by atoms with Crippen LogP contribution in [0.2, 0.25) is 5.02 Å². The Morgan fingerprint density at radius 1 is 1.40 bits per heavy atom. The van der Waals surface area contributed by atoms with E-state index in [0.717, 1.165) is 0 Å². The van der Waals surface area contributed by atoms with Crippen molar-refractivity contribution in [3.8, 4) is 0 Å². The molecule has 1 fully saturated rings. The fraction of sp³-hybridized carbons (Fsp3) is 0.462. The molecule has 1 aliphatic heterocycles. The molecular weight excluding hydrogens is 282 g/mol. The average Bonchev–Trinajstić information content (AvgIpc) is 2.38. The molecule has 0 radical (unpaired) electrons. The van der Waals surface area contributed by atoms with Crippen molar-refractivity contribution in [3.05, 3.63) is 38.9 Å². The molecule has 1 saturated heterocycles. The summed E-state index contributed by atoms with van der Waals surface area (Å²) < 4.78 is 0. The van der Waals surface area contributed by atoms with Crippen LogP contribution in [0.3, 0.4) is 0 Å². The molecule has 0 bridgehead atoms. The molecular formula is C13H16ClN3O3. The van der Waals surface area contributed by atoms with Gasteiger partial charge in [0, 0.05) is 37.3 Å². The molecule has 1 aromatic carbocycles. The number of nitro groups is 1. The van der Waals surface area contributed by atoms with Crippen molar-refractivity contribution < 1.29 is 9.72 Å². The number of piperazine rings is 1. The largest absolute Gasteiger partial charge is 0.331 e. The maximum Gasteiger partial charge on any atom is 0.270 e. The van der Waals surface area contributed by atoms with Crippen LogP contribution in [0.5, 0.6) is 0 Å². The van der Waals surface area contributed by atoms with E-state index in [1.165, 1.54) is 18.2 Å². The molecule has 1 N–H and O–H groups in total. The Hall–Kier alpha value is -1.66. The number of nitro benzene ring substituents is 1. The number of rotatable bonds is 2. The summed E-state index contributed by atoms with van der Waals surface area (Å²) in [5.74, 6) is -0.264. The van der Waals surface area contributed by atoms with Crippen LogP contribution < -0.4 is 5.32 Å². The smallest absolute Gasteiger partial charge is 0.270 e. The molecule has 0 aromatic heterocycles. The highest BCUT2D eigenvalue weighted by molar-refractivity contribution is 6.34. The summed E-state index contributed by atoms with van der Waals surface area (Å²) in [5, 5.41) is 14.3. The lowest BCUT2D eigenvalue weighted by Crippen LogP contribution is -2.57. The topological polar surface area (TPSA) is 75.5 Å². The van der Waals surface area contributed by atoms with Gasteiger partial charge in [-0.25, -0.2) is 0 Å². The Labute approximate surface area is 121 Å². The highest BCUT2D eigenvalue weighted by Crippen LogP contribution is 2.25. The third-order valence-corrected chi connectivity index (χ3v) is 3.78. The summed E-state index contributed by atoms with van der Waals surface area (Å²) in [5.41, 5.74) is 0.0506. The molecule has 1 heterocycles. The third-order valence-electron chi connectivity index (χ3n) is 3.45. The summed E-state index contributed by atoms with van der Waals surface area (Å²) in [6.07, 6.45) is 0. The SMILES string of the molecule is CC1CNCC(C)N1C(=O)c1cc([N+](=O)[O-])ccc1Cl. The Morgan fingerprint density at radius 2 is 2.00 bits per heavy atom. The lowest BCUT2D eigenvalue weighted by atomic mass is 10.1. The van der Waals surface area contributed by atoms with Crippen LogP contribution >= 0.6 is 11.6 Å². The first-order chi connectivity index (χ1) is 9.41. The van der Waals surface area contributed by atoms with E-state index in [1.54, 1.807) is 4.90 Å². The molecule has 108 valence electrons. The van der Waals surface area contributed by atoms with E-state index in [-0.39, 0.29) is 34.3 Å². The van der Waals surface area contributed by atoms with E-state index in [1.807, 2.05) is 13.8 Å². The van der Waals surface area contributed by atoms with Gasteiger partial charge in [0.2, 0.25) is 0 Å². The molecule has 2 rings (SSSR count). The Balaban J connectivity index is 2.37. The number of carbonyl (C=O) groups excluding carboxylic acids is 1. The molecule has 2 atom stereocenters. The molecule has 1 aliphatic rings. The summed E-state index contributed by atoms with van der Waals surface area (Å²) in [7, 11) is 0. The van der Waals surface area contributed by atoms with Gasteiger partial charge < -0.3 is 10.2 Å². The van der Waals surface area contributed by atoms with Crippen molar-refractivity contribution in [3.63, 3.8) is 0 Å². The number of non-ortho nitro benzene ring substituents is 1. The zero-order valence-electron chi connectivity index (χ0n) is 11.3. The van der Waals surface area contributed by atoms with Crippen LogP contribution in [0.4, 0.5) is 5.69 Å². The maximum absolute atomic E-state index is 12.6. The van der Waals surface area contributed by atoms with E-state index in [4.69, 9.17) is 11.6 Å². The summed E-state index contributed by atoms with van der Waals surface area (Å²) >= 11 is 6.02. The second-order valence-electron chi connectivity index (χ2n) is 4.99. The van der Waals surface area contributed by atoms with Crippen LogP contribution in [0.25, 0.3) is 0 Å². The molecule has 0 saturated carbocycles. The van der Waals surface area contributed by atoms with Gasteiger partial charge in [-0.15, -0.1) is 0 Å². The molecule has 1 aromatic rings. The van der Waals surface area contributed by atoms with E-state index in [9.17, 15) is 14.9 Å². The van der Waals surface area contributed by atoms with Gasteiger partial charge in [0.05, 0.1) is 15.5 Å². The quantitative estimate of drug-likeness (QED) is 0.670. The van der Waals surface area contributed by atoms with Crippen LogP contribution in [0.15, 0.2) is 18.2 Å². The molecule has 7 heteroatoms. The molecule has 6 nitrogen and oxygen atoms in total. The van der Waals surface area contributed by atoms with Crippen molar-refractivity contribution in [2.45, 2.75) is 25.9 Å². The van der Waals surface area contributed by atoms with Gasteiger partial charge in [0.15, 0.2) is 0 Å². The lowest BCUT2D eigenvalue weighted by Gasteiger charge is -2.39. The van der Waals surface area contributed by atoms with Gasteiger partial charge in [-0.05, 0) is 19.9 Å². The molecule has 20 heavy (non-hydrogen) atoms. The van der Waals surface area contributed by atoms with Gasteiger partial charge in [0.25, 0.3) is 11.6 Å². The van der Waals surface area contributed by atoms with E-state index < -0.39 is 4.92 Å². The zero-order valence-corrected chi connectivity index (χ0v) is 12.1. The van der Waals surface area contributed by atoms with Gasteiger partial charge in [-0.3, -0.25) is 14.9 Å². The first-order valence-corrected chi connectivity index (χ1v) is 6.77. The fourth-order valence-corrected chi connectivity index (χ4v) is 2.66. The number of nitrogens with one attached hydrogen (secondary N) is 1. The maximum atomic E-state index is 12.6. The van der Waals surface area contributed by atoms with Crippen LogP contribution in [-0.2, 0) is 0 Å². The minimum atomic E-state index is -0.530. The highest BCUT2D eigenvalue weighted by atomic mass is 35.5. The molecule has 0 spiro atoms. The number of carbonyl (C=O) groups is 1. The Kier molecular flexibility index (Phi) is 4.25. The number of amides is 1. The number of benzene rings is 1. The highest BCUT2D eigenvalue weighted by Gasteiger charge is 2.31. The third kappa shape index (κ3) is 2.76. The van der Waals surface area contributed by atoms with Crippen LogP contribution in [-0.4, -0.2) is 40.9 Å². The standard InChI is InChI=1S/C13H16ClN3O3/c1-8-6-15-7-9(2)16(8)13(18)11-5-10(17(19)20)3-4-12(11)14/h3-5,8-9,15H,6-7H2,1-2H3. The monoisotopic (exact) mass is 297 g/mol. The predicted molar refractivity (Wildman–Crippen MR) is 76.1 cm³/mol. The molecule has 1 amide bonds. The van der Waals surface area contributed by atoms with E-state index in [2.05, 4.69) is 5.32 Å². The predicted octanol–water partition coefficient (Wildman–Crippen LogP) is 2.07.